The largest absolute Gasteiger partial charge is 0.438 e. The molecule has 0 atom stereocenters. The smallest absolute Gasteiger partial charge is 0.254 e. The number of rotatable bonds is 4. The fourth-order valence-electron chi connectivity index (χ4n) is 4.17. The summed E-state index contributed by atoms with van der Waals surface area (Å²) in [5.41, 5.74) is 2.22. The molecule has 1 saturated heterocycles. The van der Waals surface area contributed by atoms with Gasteiger partial charge in [-0.1, -0.05) is 11.6 Å². The quantitative estimate of drug-likeness (QED) is 0.561. The minimum Gasteiger partial charge on any atom is -0.438 e. The summed E-state index contributed by atoms with van der Waals surface area (Å²) in [6.07, 6.45) is 0.595. The third kappa shape index (κ3) is 4.83. The highest BCUT2D eigenvalue weighted by atomic mass is 35.5. The summed E-state index contributed by atoms with van der Waals surface area (Å²) in [5, 5.41) is 0.584. The second-order valence-electron chi connectivity index (χ2n) is 8.58. The molecule has 1 fully saturated rings. The lowest BCUT2D eigenvalue weighted by molar-refractivity contribution is 0.0732. The van der Waals surface area contributed by atoms with Crippen molar-refractivity contribution >= 4 is 23.5 Å². The summed E-state index contributed by atoms with van der Waals surface area (Å²) >= 11 is 5.98. The molecule has 0 N–H and O–H groups in total. The first kappa shape index (κ1) is 22.6. The minimum absolute atomic E-state index is 0.0850. The van der Waals surface area contributed by atoms with Gasteiger partial charge in [-0.05, 0) is 55.6 Å². The van der Waals surface area contributed by atoms with E-state index in [-0.39, 0.29) is 11.7 Å². The summed E-state index contributed by atoms with van der Waals surface area (Å²) in [7, 11) is 2.10. The molecule has 3 aromatic rings. The Kier molecular flexibility index (Phi) is 6.34. The molecule has 176 valence electrons. The van der Waals surface area contributed by atoms with Gasteiger partial charge in [0.05, 0.1) is 17.8 Å². The van der Waals surface area contributed by atoms with Gasteiger partial charge in [0.1, 0.15) is 11.6 Å². The van der Waals surface area contributed by atoms with Crippen molar-refractivity contribution in [1.82, 2.24) is 19.8 Å². The highest BCUT2D eigenvalue weighted by Gasteiger charge is 2.29. The fraction of sp³-hybridized carbons (Fsp3) is 0.320. The number of hydrogen-bond donors (Lipinski definition) is 0. The van der Waals surface area contributed by atoms with Crippen molar-refractivity contribution < 1.29 is 13.9 Å². The normalized spacial score (nSPS) is 16.3. The number of ether oxygens (including phenoxy) is 1. The lowest BCUT2D eigenvalue weighted by atomic mass is 10.1. The highest BCUT2D eigenvalue weighted by molar-refractivity contribution is 6.30. The number of hydrogen-bond acceptors (Lipinski definition) is 6. The van der Waals surface area contributed by atoms with Gasteiger partial charge in [-0.3, -0.25) is 4.79 Å². The molecule has 1 amide bonds. The molecule has 0 radical (unpaired) electrons. The summed E-state index contributed by atoms with van der Waals surface area (Å²) in [4.78, 5) is 28.9. The van der Waals surface area contributed by atoms with Crippen molar-refractivity contribution in [1.29, 1.82) is 0 Å². The summed E-state index contributed by atoms with van der Waals surface area (Å²) in [6, 6.07) is 12.7. The molecule has 2 aromatic carbocycles. The average molecular weight is 482 g/mol. The Morgan fingerprint density at radius 2 is 1.68 bits per heavy atom. The van der Waals surface area contributed by atoms with Crippen LogP contribution in [0.4, 0.5) is 10.3 Å². The predicted molar refractivity (Wildman–Crippen MR) is 128 cm³/mol. The third-order valence-electron chi connectivity index (χ3n) is 6.20. The Labute approximate surface area is 202 Å². The van der Waals surface area contributed by atoms with Gasteiger partial charge < -0.3 is 19.4 Å². The maximum Gasteiger partial charge on any atom is 0.254 e. The van der Waals surface area contributed by atoms with E-state index in [2.05, 4.69) is 16.8 Å². The van der Waals surface area contributed by atoms with Crippen LogP contribution in [-0.4, -0.2) is 65.4 Å². The van der Waals surface area contributed by atoms with Crippen molar-refractivity contribution in [2.24, 2.45) is 0 Å². The lowest BCUT2D eigenvalue weighted by Crippen LogP contribution is -2.45. The first-order chi connectivity index (χ1) is 16.5. The molecule has 5 rings (SSSR count). The maximum absolute atomic E-state index is 13.4. The molecule has 1 aromatic heterocycles. The molecule has 0 saturated carbocycles. The second kappa shape index (κ2) is 9.56. The number of fused-ring (bicyclic) bond motifs is 1. The summed E-state index contributed by atoms with van der Waals surface area (Å²) < 4.78 is 19.5. The van der Waals surface area contributed by atoms with Crippen molar-refractivity contribution in [2.45, 2.75) is 13.0 Å². The number of carbonyl (C=O) groups is 1. The molecular formula is C25H25ClFN5O2. The summed E-state index contributed by atoms with van der Waals surface area (Å²) in [5.74, 6) is 1.08. The van der Waals surface area contributed by atoms with Gasteiger partial charge in [-0.25, -0.2) is 9.37 Å². The molecule has 0 bridgehead atoms. The van der Waals surface area contributed by atoms with Crippen LogP contribution in [0.25, 0.3) is 0 Å². The zero-order valence-corrected chi connectivity index (χ0v) is 19.6. The first-order valence-electron chi connectivity index (χ1n) is 11.3. The van der Waals surface area contributed by atoms with E-state index < -0.39 is 0 Å². The standard InChI is InChI=1S/C25H25ClFN5O2/c1-30-12-14-31(15-13-30)25-28-22-10-11-32(24(33)17-2-4-18(26)5-3-17)16-21(22)23(29-25)34-20-8-6-19(27)7-9-20/h2-9H,10-16H2,1H3. The maximum atomic E-state index is 13.4. The van der Waals surface area contributed by atoms with Crippen LogP contribution < -0.4 is 9.64 Å². The van der Waals surface area contributed by atoms with Crippen molar-refractivity contribution in [2.75, 3.05) is 44.7 Å². The van der Waals surface area contributed by atoms with Gasteiger partial charge in [0, 0.05) is 49.7 Å². The molecule has 0 aliphatic carbocycles. The monoisotopic (exact) mass is 481 g/mol. The van der Waals surface area contributed by atoms with E-state index in [0.717, 1.165) is 37.4 Å². The molecule has 2 aliphatic heterocycles. The van der Waals surface area contributed by atoms with Gasteiger partial charge in [0.2, 0.25) is 11.8 Å². The van der Waals surface area contributed by atoms with Crippen molar-refractivity contribution in [3.05, 3.63) is 76.2 Å². The number of likely N-dealkylation sites (N-methyl/N-ethyl adjacent to an activating group) is 1. The zero-order valence-electron chi connectivity index (χ0n) is 18.9. The number of piperazine rings is 1. The number of amides is 1. The number of halogens is 2. The second-order valence-corrected chi connectivity index (χ2v) is 9.02. The van der Waals surface area contributed by atoms with Crippen molar-refractivity contribution in [3.63, 3.8) is 0 Å². The van der Waals surface area contributed by atoms with E-state index in [9.17, 15) is 9.18 Å². The van der Waals surface area contributed by atoms with Crippen LogP contribution >= 0.6 is 11.6 Å². The molecule has 3 heterocycles. The number of nitrogens with zero attached hydrogens (tertiary/aromatic N) is 5. The van der Waals surface area contributed by atoms with E-state index >= 15 is 0 Å². The van der Waals surface area contributed by atoms with Gasteiger partial charge in [0.25, 0.3) is 5.91 Å². The Balaban J connectivity index is 1.46. The van der Waals surface area contributed by atoms with E-state index in [1.807, 2.05) is 0 Å². The molecule has 9 heteroatoms. The van der Waals surface area contributed by atoms with Crippen LogP contribution in [0.5, 0.6) is 11.6 Å². The van der Waals surface area contributed by atoms with E-state index in [1.165, 1.54) is 12.1 Å². The number of aromatic nitrogens is 2. The van der Waals surface area contributed by atoms with E-state index in [4.69, 9.17) is 26.3 Å². The van der Waals surface area contributed by atoms with E-state index in [0.29, 0.717) is 47.7 Å². The van der Waals surface area contributed by atoms with E-state index in [1.54, 1.807) is 41.3 Å². The molecular weight excluding hydrogens is 457 g/mol. The lowest BCUT2D eigenvalue weighted by Gasteiger charge is -2.34. The molecule has 0 spiro atoms. The van der Waals surface area contributed by atoms with Gasteiger partial charge in [-0.15, -0.1) is 0 Å². The SMILES string of the molecule is CN1CCN(c2nc3c(c(Oc4ccc(F)cc4)n2)CN(C(=O)c2ccc(Cl)cc2)CC3)CC1. The van der Waals surface area contributed by atoms with Crippen LogP contribution in [0.2, 0.25) is 5.02 Å². The highest BCUT2D eigenvalue weighted by Crippen LogP contribution is 2.32. The Bertz CT molecular complexity index is 1180. The van der Waals surface area contributed by atoms with Crippen LogP contribution in [0.1, 0.15) is 21.6 Å². The molecule has 34 heavy (non-hydrogen) atoms. The Morgan fingerprint density at radius 3 is 2.38 bits per heavy atom. The fourth-order valence-corrected chi connectivity index (χ4v) is 4.29. The summed E-state index contributed by atoms with van der Waals surface area (Å²) in [6.45, 7) is 4.38. The van der Waals surface area contributed by atoms with Crippen LogP contribution in [0.15, 0.2) is 48.5 Å². The number of benzene rings is 2. The predicted octanol–water partition coefficient (Wildman–Crippen LogP) is 4.01. The van der Waals surface area contributed by atoms with Crippen LogP contribution in [0, 0.1) is 5.82 Å². The van der Waals surface area contributed by atoms with Crippen LogP contribution in [0.3, 0.4) is 0 Å². The van der Waals surface area contributed by atoms with Crippen molar-refractivity contribution in [3.8, 4) is 11.6 Å². The van der Waals surface area contributed by atoms with Gasteiger partial charge in [-0.2, -0.15) is 4.98 Å². The first-order valence-corrected chi connectivity index (χ1v) is 11.7. The van der Waals surface area contributed by atoms with Gasteiger partial charge in [0.15, 0.2) is 0 Å². The topological polar surface area (TPSA) is 61.8 Å². The van der Waals surface area contributed by atoms with Crippen LogP contribution in [-0.2, 0) is 13.0 Å². The minimum atomic E-state index is -0.338. The molecule has 0 unspecified atom stereocenters. The molecule has 2 aliphatic rings. The Morgan fingerprint density at radius 1 is 0.971 bits per heavy atom. The average Bonchev–Trinajstić information content (AvgIpc) is 2.85. The molecule has 7 nitrogen and oxygen atoms in total. The number of anilines is 1. The zero-order chi connectivity index (χ0) is 23.7. The third-order valence-corrected chi connectivity index (χ3v) is 6.46. The number of carbonyl (C=O) groups excluding carboxylic acids is 1. The van der Waals surface area contributed by atoms with Gasteiger partial charge >= 0.3 is 0 Å². The Hall–Kier alpha value is -3.23.